The molecule has 0 saturated carbocycles. The monoisotopic (exact) mass is 630 g/mol. The van der Waals surface area contributed by atoms with Crippen LogP contribution >= 0.6 is 11.6 Å². The molecule has 0 radical (unpaired) electrons. The van der Waals surface area contributed by atoms with Gasteiger partial charge in [0.1, 0.15) is 5.84 Å². The van der Waals surface area contributed by atoms with Gasteiger partial charge in [0.25, 0.3) is 17.7 Å². The number of hydroxylamine groups is 1. The Morgan fingerprint density at radius 3 is 2.31 bits per heavy atom. The van der Waals surface area contributed by atoms with Crippen molar-refractivity contribution < 1.29 is 19.2 Å². The van der Waals surface area contributed by atoms with Gasteiger partial charge >= 0.3 is 0 Å². The van der Waals surface area contributed by atoms with Crippen LogP contribution in [0.25, 0.3) is 0 Å². The third kappa shape index (κ3) is 7.22. The number of hydrogen-bond donors (Lipinski definition) is 1. The van der Waals surface area contributed by atoms with Gasteiger partial charge in [-0.25, -0.2) is 0 Å². The maximum absolute atomic E-state index is 13.3. The van der Waals surface area contributed by atoms with E-state index in [1.54, 1.807) is 30.3 Å². The topological polar surface area (TPSA) is 91.3 Å². The molecule has 0 aliphatic carbocycles. The molecule has 0 saturated heterocycles. The fourth-order valence-electron chi connectivity index (χ4n) is 5.18. The standard InChI is InChI=1S/C36H43ClN4O4/c1-10-35(6,7)26-15-16-30(28(20-26)36(8,9)11-2)45-41(24(5)42)27-14-12-13-25(19-27)34(44)38-31-21-32(43)40(39-31)33-23(4)17-22(3)18-29(33)37/h12-20H,10-11,21H2,1-9H3,(H,38,39,44). The van der Waals surface area contributed by atoms with Crippen molar-refractivity contribution in [1.29, 1.82) is 0 Å². The predicted octanol–water partition coefficient (Wildman–Crippen LogP) is 8.16. The minimum absolute atomic E-state index is 0.0183. The maximum atomic E-state index is 13.3. The largest absolute Gasteiger partial charge is 0.372 e. The van der Waals surface area contributed by atoms with Crippen molar-refractivity contribution in [2.24, 2.45) is 5.10 Å². The fourth-order valence-corrected chi connectivity index (χ4v) is 5.58. The van der Waals surface area contributed by atoms with Crippen LogP contribution in [-0.4, -0.2) is 23.6 Å². The third-order valence-corrected chi connectivity index (χ3v) is 9.01. The van der Waals surface area contributed by atoms with Crippen molar-refractivity contribution in [3.05, 3.63) is 87.4 Å². The average molecular weight is 631 g/mol. The number of nitrogens with one attached hydrogen (secondary N) is 1. The Morgan fingerprint density at radius 2 is 1.69 bits per heavy atom. The van der Waals surface area contributed by atoms with E-state index in [1.807, 2.05) is 26.0 Å². The molecular formula is C36H43ClN4O4. The highest BCUT2D eigenvalue weighted by atomic mass is 35.5. The van der Waals surface area contributed by atoms with Crippen LogP contribution in [0.3, 0.4) is 0 Å². The van der Waals surface area contributed by atoms with E-state index < -0.39 is 5.91 Å². The van der Waals surface area contributed by atoms with E-state index in [0.717, 1.165) is 29.5 Å². The summed E-state index contributed by atoms with van der Waals surface area (Å²) in [6, 6.07) is 16.4. The van der Waals surface area contributed by atoms with E-state index in [1.165, 1.54) is 22.6 Å². The number of hydrazone groups is 1. The summed E-state index contributed by atoms with van der Waals surface area (Å²) >= 11 is 6.44. The van der Waals surface area contributed by atoms with Crippen molar-refractivity contribution >= 4 is 46.5 Å². The summed E-state index contributed by atoms with van der Waals surface area (Å²) in [4.78, 5) is 45.4. The Labute approximate surface area is 271 Å². The smallest absolute Gasteiger partial charge is 0.256 e. The van der Waals surface area contributed by atoms with E-state index in [4.69, 9.17) is 16.4 Å². The summed E-state index contributed by atoms with van der Waals surface area (Å²) in [6.07, 6.45) is 1.76. The predicted molar refractivity (Wildman–Crippen MR) is 181 cm³/mol. The number of halogens is 1. The first-order valence-corrected chi connectivity index (χ1v) is 15.7. The summed E-state index contributed by atoms with van der Waals surface area (Å²) in [5.41, 5.74) is 4.90. The highest BCUT2D eigenvalue weighted by Gasteiger charge is 2.31. The molecule has 1 aliphatic rings. The Balaban J connectivity index is 1.61. The summed E-state index contributed by atoms with van der Waals surface area (Å²) in [5.74, 6) is -0.348. The Bertz CT molecular complexity index is 1650. The Morgan fingerprint density at radius 1 is 1.00 bits per heavy atom. The zero-order valence-corrected chi connectivity index (χ0v) is 28.4. The number of benzene rings is 3. The number of amides is 3. The van der Waals surface area contributed by atoms with Crippen LogP contribution in [-0.2, 0) is 20.4 Å². The van der Waals surface area contributed by atoms with Crippen molar-refractivity contribution in [2.45, 2.75) is 92.4 Å². The number of nitrogens with zero attached hydrogens (tertiary/aromatic N) is 3. The van der Waals surface area contributed by atoms with Crippen LogP contribution in [0.4, 0.5) is 11.4 Å². The molecule has 0 atom stereocenters. The molecule has 1 heterocycles. The number of carbonyl (C=O) groups is 3. The van der Waals surface area contributed by atoms with E-state index in [2.05, 4.69) is 64.1 Å². The second kappa shape index (κ2) is 13.1. The van der Waals surface area contributed by atoms with Crippen molar-refractivity contribution in [3.63, 3.8) is 0 Å². The summed E-state index contributed by atoms with van der Waals surface area (Å²) in [7, 11) is 0. The molecule has 9 heteroatoms. The van der Waals surface area contributed by atoms with Gasteiger partial charge in [-0.15, -0.1) is 5.06 Å². The molecule has 0 aromatic heterocycles. The Kier molecular flexibility index (Phi) is 9.78. The van der Waals surface area contributed by atoms with Crippen molar-refractivity contribution in [3.8, 4) is 5.75 Å². The molecule has 3 aromatic carbocycles. The van der Waals surface area contributed by atoms with Crippen LogP contribution in [0.15, 0.2) is 59.7 Å². The number of hydrogen-bond acceptors (Lipinski definition) is 5. The molecule has 45 heavy (non-hydrogen) atoms. The number of carbonyl (C=O) groups excluding carboxylic acids is 3. The average Bonchev–Trinajstić information content (AvgIpc) is 3.33. The summed E-state index contributed by atoms with van der Waals surface area (Å²) in [5, 5.41) is 9.95. The molecule has 0 bridgehead atoms. The zero-order chi connectivity index (χ0) is 33.3. The molecule has 1 aliphatic heterocycles. The van der Waals surface area contributed by atoms with Crippen LogP contribution in [0.5, 0.6) is 5.75 Å². The van der Waals surface area contributed by atoms with Gasteiger partial charge in [0.05, 0.1) is 22.8 Å². The lowest BCUT2D eigenvalue weighted by atomic mass is 9.76. The van der Waals surface area contributed by atoms with Crippen LogP contribution in [0.2, 0.25) is 5.02 Å². The number of amidine groups is 1. The highest BCUT2D eigenvalue weighted by molar-refractivity contribution is 6.34. The molecule has 0 fully saturated rings. The lowest BCUT2D eigenvalue weighted by Crippen LogP contribution is -2.34. The van der Waals surface area contributed by atoms with Gasteiger partial charge in [-0.1, -0.05) is 77.4 Å². The van der Waals surface area contributed by atoms with Crippen LogP contribution < -0.4 is 20.2 Å². The number of aryl methyl sites for hydroxylation is 2. The van der Waals surface area contributed by atoms with Crippen LogP contribution in [0.1, 0.15) is 100 Å². The first-order valence-electron chi connectivity index (χ1n) is 15.3. The van der Waals surface area contributed by atoms with Gasteiger partial charge in [0, 0.05) is 18.1 Å². The maximum Gasteiger partial charge on any atom is 0.256 e. The lowest BCUT2D eigenvalue weighted by Gasteiger charge is -2.32. The quantitative estimate of drug-likeness (QED) is 0.242. The van der Waals surface area contributed by atoms with E-state index in [9.17, 15) is 14.4 Å². The second-order valence-corrected chi connectivity index (χ2v) is 13.3. The first-order chi connectivity index (χ1) is 21.1. The minimum Gasteiger partial charge on any atom is -0.372 e. The highest BCUT2D eigenvalue weighted by Crippen LogP contribution is 2.39. The molecule has 3 amide bonds. The normalized spacial score (nSPS) is 13.5. The second-order valence-electron chi connectivity index (χ2n) is 12.9. The van der Waals surface area contributed by atoms with Gasteiger partial charge in [-0.2, -0.15) is 10.1 Å². The molecule has 1 N–H and O–H groups in total. The summed E-state index contributed by atoms with van der Waals surface area (Å²) < 4.78 is 0. The molecule has 8 nitrogen and oxygen atoms in total. The van der Waals surface area contributed by atoms with Crippen molar-refractivity contribution in [2.75, 3.05) is 10.1 Å². The molecule has 3 aromatic rings. The third-order valence-electron chi connectivity index (χ3n) is 8.72. The lowest BCUT2D eigenvalue weighted by molar-refractivity contribution is -0.120. The Hall–Kier alpha value is -4.17. The van der Waals surface area contributed by atoms with Gasteiger partial charge < -0.3 is 10.2 Å². The molecule has 0 spiro atoms. The van der Waals surface area contributed by atoms with Gasteiger partial charge in [-0.3, -0.25) is 14.4 Å². The van der Waals surface area contributed by atoms with E-state index in [-0.39, 0.29) is 40.5 Å². The molecule has 4 rings (SSSR count). The zero-order valence-electron chi connectivity index (χ0n) is 27.7. The van der Waals surface area contributed by atoms with E-state index in [0.29, 0.717) is 22.1 Å². The molecular weight excluding hydrogens is 588 g/mol. The SMILES string of the molecule is CCC(C)(C)c1ccc(ON(C(C)=O)c2cccc(C(=O)NC3=NN(c4c(C)cc(C)cc4Cl)C(=O)C3)c2)c(C(C)(C)CC)c1. The number of anilines is 2. The van der Waals surface area contributed by atoms with Gasteiger partial charge in [0.15, 0.2) is 5.75 Å². The summed E-state index contributed by atoms with van der Waals surface area (Å²) in [6.45, 7) is 18.2. The van der Waals surface area contributed by atoms with Crippen molar-refractivity contribution in [1.82, 2.24) is 5.32 Å². The van der Waals surface area contributed by atoms with Crippen LogP contribution in [0, 0.1) is 13.8 Å². The van der Waals surface area contributed by atoms with Gasteiger partial charge in [0.2, 0.25) is 0 Å². The fraction of sp³-hybridized carbons (Fsp3) is 0.389. The van der Waals surface area contributed by atoms with Gasteiger partial charge in [-0.05, 0) is 84.5 Å². The van der Waals surface area contributed by atoms with E-state index >= 15 is 0 Å². The number of rotatable bonds is 9. The minimum atomic E-state index is -0.473. The molecule has 238 valence electrons. The first kappa shape index (κ1) is 33.7. The molecule has 0 unspecified atom stereocenters.